The fourth-order valence-electron chi connectivity index (χ4n) is 3.71. The molecule has 2 atom stereocenters. The van der Waals surface area contributed by atoms with Gasteiger partial charge < -0.3 is 10.6 Å². The molecular formula is C23H27N5. The Hall–Kier alpha value is -3.08. The van der Waals surface area contributed by atoms with Crippen molar-refractivity contribution in [3.05, 3.63) is 83.2 Å². The number of guanidine groups is 1. The lowest BCUT2D eigenvalue weighted by molar-refractivity contribution is 0.772. The van der Waals surface area contributed by atoms with Crippen molar-refractivity contribution in [2.24, 2.45) is 4.99 Å². The van der Waals surface area contributed by atoms with E-state index < -0.39 is 0 Å². The van der Waals surface area contributed by atoms with Gasteiger partial charge in [-0.3, -0.25) is 4.99 Å². The van der Waals surface area contributed by atoms with Crippen LogP contribution >= 0.6 is 0 Å². The van der Waals surface area contributed by atoms with Gasteiger partial charge in [0.05, 0.1) is 11.4 Å². The summed E-state index contributed by atoms with van der Waals surface area (Å²) in [6.45, 7) is 4.80. The molecule has 0 aliphatic heterocycles. The number of para-hydroxylation sites is 1. The SMILES string of the molecule is CN=C(NCc1ccccc1-n1nc(C)cc1C)NC1CC1c1ccccc1. The van der Waals surface area contributed by atoms with Crippen LogP contribution in [0.3, 0.4) is 0 Å². The molecule has 2 unspecified atom stereocenters. The molecule has 5 heteroatoms. The Balaban J connectivity index is 1.41. The molecule has 2 aromatic carbocycles. The minimum Gasteiger partial charge on any atom is -0.353 e. The Morgan fingerprint density at radius 2 is 1.86 bits per heavy atom. The van der Waals surface area contributed by atoms with Crippen LogP contribution in [0.25, 0.3) is 5.69 Å². The maximum atomic E-state index is 4.63. The maximum Gasteiger partial charge on any atom is 0.191 e. The van der Waals surface area contributed by atoms with Crippen molar-refractivity contribution >= 4 is 5.96 Å². The van der Waals surface area contributed by atoms with Crippen LogP contribution in [-0.2, 0) is 6.54 Å². The summed E-state index contributed by atoms with van der Waals surface area (Å²) in [5.41, 5.74) is 5.84. The van der Waals surface area contributed by atoms with Gasteiger partial charge in [0.1, 0.15) is 0 Å². The minimum absolute atomic E-state index is 0.444. The summed E-state index contributed by atoms with van der Waals surface area (Å²) in [6, 6.07) is 21.6. The molecule has 1 aromatic heterocycles. The predicted octanol–water partition coefficient (Wildman–Crippen LogP) is 3.71. The van der Waals surface area contributed by atoms with Crippen LogP contribution in [0, 0.1) is 13.8 Å². The largest absolute Gasteiger partial charge is 0.353 e. The molecule has 1 fully saturated rings. The Morgan fingerprint density at radius 3 is 2.57 bits per heavy atom. The third kappa shape index (κ3) is 3.93. The Bertz CT molecular complexity index is 974. The van der Waals surface area contributed by atoms with E-state index in [1.165, 1.54) is 11.1 Å². The van der Waals surface area contributed by atoms with Crippen molar-refractivity contribution in [2.75, 3.05) is 7.05 Å². The first-order valence-electron chi connectivity index (χ1n) is 9.79. The first-order valence-corrected chi connectivity index (χ1v) is 9.79. The lowest BCUT2D eigenvalue weighted by Gasteiger charge is -2.15. The van der Waals surface area contributed by atoms with Crippen LogP contribution in [-0.4, -0.2) is 28.8 Å². The van der Waals surface area contributed by atoms with E-state index in [1.807, 2.05) is 18.7 Å². The molecule has 0 bridgehead atoms. The van der Waals surface area contributed by atoms with Gasteiger partial charge >= 0.3 is 0 Å². The van der Waals surface area contributed by atoms with E-state index in [-0.39, 0.29) is 0 Å². The zero-order valence-electron chi connectivity index (χ0n) is 16.7. The predicted molar refractivity (Wildman–Crippen MR) is 114 cm³/mol. The quantitative estimate of drug-likeness (QED) is 0.529. The first kappa shape index (κ1) is 18.3. The molecule has 0 saturated heterocycles. The van der Waals surface area contributed by atoms with Gasteiger partial charge in [-0.05, 0) is 43.5 Å². The maximum absolute atomic E-state index is 4.63. The van der Waals surface area contributed by atoms with E-state index >= 15 is 0 Å². The Kier molecular flexibility index (Phi) is 5.15. The molecule has 1 aliphatic rings. The Morgan fingerprint density at radius 1 is 1.11 bits per heavy atom. The monoisotopic (exact) mass is 373 g/mol. The van der Waals surface area contributed by atoms with Crippen LogP contribution in [0.4, 0.5) is 0 Å². The van der Waals surface area contributed by atoms with Crippen LogP contribution < -0.4 is 10.6 Å². The summed E-state index contributed by atoms with van der Waals surface area (Å²) in [7, 11) is 1.82. The van der Waals surface area contributed by atoms with Gasteiger partial charge in [-0.25, -0.2) is 4.68 Å². The second-order valence-corrected chi connectivity index (χ2v) is 7.40. The van der Waals surface area contributed by atoms with Gasteiger partial charge in [0, 0.05) is 31.2 Å². The molecule has 28 heavy (non-hydrogen) atoms. The fraction of sp³-hybridized carbons (Fsp3) is 0.304. The van der Waals surface area contributed by atoms with Gasteiger partial charge in [-0.1, -0.05) is 48.5 Å². The number of aromatic nitrogens is 2. The number of aryl methyl sites for hydroxylation is 2. The average molecular weight is 374 g/mol. The highest BCUT2D eigenvalue weighted by Gasteiger charge is 2.38. The topological polar surface area (TPSA) is 54.2 Å². The lowest BCUT2D eigenvalue weighted by Crippen LogP contribution is -2.38. The second-order valence-electron chi connectivity index (χ2n) is 7.40. The van der Waals surface area contributed by atoms with Crippen LogP contribution in [0.15, 0.2) is 65.7 Å². The molecular weight excluding hydrogens is 346 g/mol. The molecule has 4 rings (SSSR count). The molecule has 0 radical (unpaired) electrons. The number of rotatable bonds is 5. The molecule has 1 aliphatic carbocycles. The summed E-state index contributed by atoms with van der Waals surface area (Å²) in [6.07, 6.45) is 1.15. The summed E-state index contributed by atoms with van der Waals surface area (Å²) in [5.74, 6) is 1.41. The standard InChI is InChI=1S/C23H27N5/c1-16-13-17(2)28(27-16)22-12-8-7-11-19(22)15-25-23(24-3)26-21-14-20(21)18-9-5-4-6-10-18/h4-13,20-21H,14-15H2,1-3H3,(H2,24,25,26). The molecule has 0 amide bonds. The molecule has 5 nitrogen and oxygen atoms in total. The zero-order chi connectivity index (χ0) is 19.5. The number of hydrogen-bond donors (Lipinski definition) is 2. The van der Waals surface area contributed by atoms with E-state index in [1.54, 1.807) is 0 Å². The van der Waals surface area contributed by atoms with Crippen LogP contribution in [0.1, 0.15) is 34.9 Å². The van der Waals surface area contributed by atoms with Gasteiger partial charge in [0.15, 0.2) is 5.96 Å². The normalized spacial score (nSPS) is 18.8. The average Bonchev–Trinajstić information content (AvgIpc) is 3.41. The molecule has 144 valence electrons. The number of aliphatic imine (C=N–C) groups is 1. The molecule has 0 spiro atoms. The second kappa shape index (κ2) is 7.89. The number of hydrogen-bond acceptors (Lipinski definition) is 2. The smallest absolute Gasteiger partial charge is 0.191 e. The first-order chi connectivity index (χ1) is 13.7. The number of nitrogens with one attached hydrogen (secondary N) is 2. The van der Waals surface area contributed by atoms with Crippen molar-refractivity contribution in [1.29, 1.82) is 0 Å². The third-order valence-electron chi connectivity index (χ3n) is 5.24. The molecule has 3 aromatic rings. The lowest BCUT2D eigenvalue weighted by atomic mass is 10.1. The van der Waals surface area contributed by atoms with E-state index in [0.29, 0.717) is 18.5 Å². The van der Waals surface area contributed by atoms with Crippen molar-refractivity contribution < 1.29 is 0 Å². The Labute approximate surface area is 166 Å². The zero-order valence-corrected chi connectivity index (χ0v) is 16.7. The number of benzene rings is 2. The summed E-state index contributed by atoms with van der Waals surface area (Å²) < 4.78 is 2.01. The van der Waals surface area contributed by atoms with Crippen LogP contribution in [0.2, 0.25) is 0 Å². The van der Waals surface area contributed by atoms with Gasteiger partial charge in [-0.15, -0.1) is 0 Å². The van der Waals surface area contributed by atoms with Crippen molar-refractivity contribution in [3.63, 3.8) is 0 Å². The molecule has 1 saturated carbocycles. The summed E-state index contributed by atoms with van der Waals surface area (Å²) in [5, 5.41) is 11.6. The molecule has 1 heterocycles. The van der Waals surface area contributed by atoms with Crippen molar-refractivity contribution in [1.82, 2.24) is 20.4 Å². The van der Waals surface area contributed by atoms with Crippen molar-refractivity contribution in [2.45, 2.75) is 38.8 Å². The van der Waals surface area contributed by atoms with E-state index in [0.717, 1.165) is 29.5 Å². The fourth-order valence-corrected chi connectivity index (χ4v) is 3.71. The van der Waals surface area contributed by atoms with Gasteiger partial charge in [0.2, 0.25) is 0 Å². The van der Waals surface area contributed by atoms with Crippen LogP contribution in [0.5, 0.6) is 0 Å². The van der Waals surface area contributed by atoms with Gasteiger partial charge in [0.25, 0.3) is 0 Å². The van der Waals surface area contributed by atoms with E-state index in [2.05, 4.69) is 88.3 Å². The molecule has 2 N–H and O–H groups in total. The van der Waals surface area contributed by atoms with E-state index in [9.17, 15) is 0 Å². The summed E-state index contributed by atoms with van der Waals surface area (Å²) >= 11 is 0. The number of nitrogens with zero attached hydrogens (tertiary/aromatic N) is 3. The van der Waals surface area contributed by atoms with Crippen molar-refractivity contribution in [3.8, 4) is 5.69 Å². The highest BCUT2D eigenvalue weighted by molar-refractivity contribution is 5.80. The third-order valence-corrected chi connectivity index (χ3v) is 5.24. The van der Waals surface area contributed by atoms with E-state index in [4.69, 9.17) is 0 Å². The highest BCUT2D eigenvalue weighted by atomic mass is 15.3. The summed E-state index contributed by atoms with van der Waals surface area (Å²) in [4.78, 5) is 4.41. The van der Waals surface area contributed by atoms with Gasteiger partial charge in [-0.2, -0.15) is 5.10 Å². The highest BCUT2D eigenvalue weighted by Crippen LogP contribution is 2.40. The minimum atomic E-state index is 0.444.